The molecule has 1 unspecified atom stereocenters. The first kappa shape index (κ1) is 14.3. The molecule has 1 fully saturated rings. The number of hydrogen-bond donors (Lipinski definition) is 2. The number of nitrogens with two attached hydrogens (primary N) is 1. The SMILES string of the molecule is NC(=S)c1ccc(S(=O)(=O)NCC2CCOC2)cn1. The fraction of sp³-hybridized carbons (Fsp3) is 0.455. The summed E-state index contributed by atoms with van der Waals surface area (Å²) in [6, 6.07) is 2.94. The van der Waals surface area contributed by atoms with Crippen molar-refractivity contribution >= 4 is 27.2 Å². The Bertz CT molecular complexity index is 551. The van der Waals surface area contributed by atoms with Gasteiger partial charge in [-0.25, -0.2) is 13.1 Å². The second-order valence-corrected chi connectivity index (χ2v) is 6.53. The molecule has 0 spiro atoms. The first-order chi connectivity index (χ1) is 8.99. The fourth-order valence-electron chi connectivity index (χ4n) is 1.74. The average molecular weight is 301 g/mol. The first-order valence-electron chi connectivity index (χ1n) is 5.82. The highest BCUT2D eigenvalue weighted by atomic mass is 32.2. The monoisotopic (exact) mass is 301 g/mol. The molecule has 1 aromatic heterocycles. The smallest absolute Gasteiger partial charge is 0.242 e. The highest BCUT2D eigenvalue weighted by molar-refractivity contribution is 7.89. The number of thiocarbonyl (C=S) groups is 1. The molecule has 3 N–H and O–H groups in total. The van der Waals surface area contributed by atoms with Crippen LogP contribution in [0.2, 0.25) is 0 Å². The molecule has 0 bridgehead atoms. The van der Waals surface area contributed by atoms with E-state index in [0.29, 0.717) is 25.5 Å². The van der Waals surface area contributed by atoms with Crippen molar-refractivity contribution in [3.05, 3.63) is 24.0 Å². The van der Waals surface area contributed by atoms with Gasteiger partial charge in [-0.2, -0.15) is 0 Å². The number of hydrogen-bond acceptors (Lipinski definition) is 5. The van der Waals surface area contributed by atoms with Gasteiger partial charge in [-0.1, -0.05) is 12.2 Å². The van der Waals surface area contributed by atoms with Crippen LogP contribution in [-0.2, 0) is 14.8 Å². The third-order valence-electron chi connectivity index (χ3n) is 2.89. The maximum absolute atomic E-state index is 12.0. The normalized spacial score (nSPS) is 19.5. The Morgan fingerprint density at radius 1 is 1.58 bits per heavy atom. The van der Waals surface area contributed by atoms with E-state index in [1.54, 1.807) is 0 Å². The molecule has 2 rings (SSSR count). The summed E-state index contributed by atoms with van der Waals surface area (Å²) in [5.74, 6) is 0.235. The van der Waals surface area contributed by atoms with E-state index < -0.39 is 10.0 Å². The average Bonchev–Trinajstić information content (AvgIpc) is 2.90. The molecule has 1 saturated heterocycles. The van der Waals surface area contributed by atoms with E-state index in [4.69, 9.17) is 22.7 Å². The molecule has 6 nitrogen and oxygen atoms in total. The Morgan fingerprint density at radius 2 is 2.37 bits per heavy atom. The van der Waals surface area contributed by atoms with Gasteiger partial charge in [0.25, 0.3) is 0 Å². The van der Waals surface area contributed by atoms with Crippen molar-refractivity contribution in [3.63, 3.8) is 0 Å². The molecule has 0 amide bonds. The molecule has 1 aliphatic rings. The quantitative estimate of drug-likeness (QED) is 0.745. The molecule has 1 atom stereocenters. The van der Waals surface area contributed by atoms with Gasteiger partial charge >= 0.3 is 0 Å². The zero-order valence-electron chi connectivity index (χ0n) is 10.2. The van der Waals surface area contributed by atoms with Crippen molar-refractivity contribution in [2.45, 2.75) is 11.3 Å². The molecular formula is C11H15N3O3S2. The van der Waals surface area contributed by atoms with Crippen LogP contribution >= 0.6 is 12.2 Å². The van der Waals surface area contributed by atoms with E-state index in [1.165, 1.54) is 18.3 Å². The van der Waals surface area contributed by atoms with E-state index in [2.05, 4.69) is 9.71 Å². The summed E-state index contributed by atoms with van der Waals surface area (Å²) in [5, 5.41) is 0. The molecule has 0 radical (unpaired) electrons. The van der Waals surface area contributed by atoms with Crippen LogP contribution in [0.4, 0.5) is 0 Å². The Hall–Kier alpha value is -1.09. The van der Waals surface area contributed by atoms with E-state index in [9.17, 15) is 8.42 Å². The largest absolute Gasteiger partial charge is 0.388 e. The van der Waals surface area contributed by atoms with Crippen LogP contribution in [-0.4, -0.2) is 38.1 Å². The number of pyridine rings is 1. The molecule has 0 aliphatic carbocycles. The van der Waals surface area contributed by atoms with Crippen molar-refractivity contribution in [2.75, 3.05) is 19.8 Å². The van der Waals surface area contributed by atoms with E-state index >= 15 is 0 Å². The fourth-order valence-corrected chi connectivity index (χ4v) is 2.92. The predicted molar refractivity (Wildman–Crippen MR) is 74.2 cm³/mol. The summed E-state index contributed by atoms with van der Waals surface area (Å²) in [6.45, 7) is 1.66. The Labute approximate surface area is 117 Å². The number of rotatable bonds is 5. The second-order valence-electron chi connectivity index (χ2n) is 4.32. The minimum atomic E-state index is -3.54. The highest BCUT2D eigenvalue weighted by Crippen LogP contribution is 2.13. The molecular weight excluding hydrogens is 286 g/mol. The molecule has 1 aliphatic heterocycles. The molecule has 1 aromatic rings. The summed E-state index contributed by atoms with van der Waals surface area (Å²) in [4.78, 5) is 4.16. The van der Waals surface area contributed by atoms with Crippen molar-refractivity contribution in [3.8, 4) is 0 Å². The van der Waals surface area contributed by atoms with Crippen LogP contribution in [0, 0.1) is 5.92 Å². The summed E-state index contributed by atoms with van der Waals surface area (Å²) in [7, 11) is -3.54. The van der Waals surface area contributed by atoms with Gasteiger partial charge in [-0.15, -0.1) is 0 Å². The number of nitrogens with zero attached hydrogens (tertiary/aromatic N) is 1. The number of aromatic nitrogens is 1. The van der Waals surface area contributed by atoms with Crippen LogP contribution in [0.5, 0.6) is 0 Å². The van der Waals surface area contributed by atoms with Gasteiger partial charge in [0.2, 0.25) is 10.0 Å². The van der Waals surface area contributed by atoms with Crippen LogP contribution < -0.4 is 10.5 Å². The summed E-state index contributed by atoms with van der Waals surface area (Å²) < 4.78 is 31.8. The molecule has 0 saturated carbocycles. The Kier molecular flexibility index (Phi) is 4.46. The summed E-state index contributed by atoms with van der Waals surface area (Å²) >= 11 is 4.76. The van der Waals surface area contributed by atoms with Gasteiger partial charge < -0.3 is 10.5 Å². The Balaban J connectivity index is 2.03. The first-order valence-corrected chi connectivity index (χ1v) is 7.71. The lowest BCUT2D eigenvalue weighted by Crippen LogP contribution is -2.29. The standard InChI is InChI=1S/C11H15N3O3S2/c12-11(18)10-2-1-9(6-13-10)19(15,16)14-5-8-3-4-17-7-8/h1-2,6,8,14H,3-5,7H2,(H2,12,18). The third kappa shape index (κ3) is 3.69. The van der Waals surface area contributed by atoms with Crippen molar-refractivity contribution in [1.82, 2.24) is 9.71 Å². The van der Waals surface area contributed by atoms with Crippen LogP contribution in [0.3, 0.4) is 0 Å². The molecule has 19 heavy (non-hydrogen) atoms. The molecule has 0 aromatic carbocycles. The lowest BCUT2D eigenvalue weighted by molar-refractivity contribution is 0.186. The Morgan fingerprint density at radius 3 is 2.89 bits per heavy atom. The molecule has 8 heteroatoms. The lowest BCUT2D eigenvalue weighted by atomic mass is 10.1. The molecule has 104 valence electrons. The van der Waals surface area contributed by atoms with Gasteiger partial charge in [0, 0.05) is 19.3 Å². The van der Waals surface area contributed by atoms with Crippen LogP contribution in [0.15, 0.2) is 23.2 Å². The van der Waals surface area contributed by atoms with Gasteiger partial charge in [0.15, 0.2) is 0 Å². The zero-order valence-corrected chi connectivity index (χ0v) is 11.8. The highest BCUT2D eigenvalue weighted by Gasteiger charge is 2.20. The van der Waals surface area contributed by atoms with E-state index in [0.717, 1.165) is 6.42 Å². The lowest BCUT2D eigenvalue weighted by Gasteiger charge is -2.10. The summed E-state index contributed by atoms with van der Waals surface area (Å²) in [6.07, 6.45) is 2.13. The zero-order chi connectivity index (χ0) is 13.9. The third-order valence-corrected chi connectivity index (χ3v) is 4.50. The number of nitrogens with one attached hydrogen (secondary N) is 1. The van der Waals surface area contributed by atoms with Gasteiger partial charge in [0.05, 0.1) is 12.3 Å². The van der Waals surface area contributed by atoms with Crippen LogP contribution in [0.25, 0.3) is 0 Å². The molecule has 2 heterocycles. The predicted octanol–water partition coefficient (Wildman–Crippen LogP) is 0.0306. The maximum Gasteiger partial charge on any atom is 0.242 e. The maximum atomic E-state index is 12.0. The van der Waals surface area contributed by atoms with E-state index in [-0.39, 0.29) is 15.8 Å². The van der Waals surface area contributed by atoms with Crippen molar-refractivity contribution in [1.29, 1.82) is 0 Å². The topological polar surface area (TPSA) is 94.3 Å². The number of ether oxygens (including phenoxy) is 1. The van der Waals surface area contributed by atoms with E-state index in [1.807, 2.05) is 0 Å². The van der Waals surface area contributed by atoms with Crippen molar-refractivity contribution < 1.29 is 13.2 Å². The second kappa shape index (κ2) is 5.91. The van der Waals surface area contributed by atoms with Crippen molar-refractivity contribution in [2.24, 2.45) is 11.7 Å². The minimum Gasteiger partial charge on any atom is -0.388 e. The van der Waals surface area contributed by atoms with Gasteiger partial charge in [-0.05, 0) is 24.5 Å². The van der Waals surface area contributed by atoms with Gasteiger partial charge in [0.1, 0.15) is 9.88 Å². The van der Waals surface area contributed by atoms with Gasteiger partial charge in [-0.3, -0.25) is 4.98 Å². The van der Waals surface area contributed by atoms with Crippen LogP contribution in [0.1, 0.15) is 12.1 Å². The number of sulfonamides is 1. The summed E-state index contributed by atoms with van der Waals surface area (Å²) in [5.41, 5.74) is 5.81. The minimum absolute atomic E-state index is 0.103.